The predicted molar refractivity (Wildman–Crippen MR) is 101 cm³/mol. The monoisotopic (exact) mass is 335 g/mol. The van der Waals surface area contributed by atoms with Gasteiger partial charge in [0.25, 0.3) is 0 Å². The van der Waals surface area contributed by atoms with Gasteiger partial charge in [0.2, 0.25) is 0 Å². The van der Waals surface area contributed by atoms with E-state index >= 15 is 0 Å². The summed E-state index contributed by atoms with van der Waals surface area (Å²) in [5.74, 6) is 0. The summed E-state index contributed by atoms with van der Waals surface area (Å²) in [6.45, 7) is 0. The number of benzene rings is 3. The van der Waals surface area contributed by atoms with Crippen molar-refractivity contribution >= 4 is 34.9 Å². The third-order valence-corrected chi connectivity index (χ3v) is 4.28. The highest BCUT2D eigenvalue weighted by molar-refractivity contribution is 7.99. The molecule has 0 atom stereocenters. The average Bonchev–Trinajstić information content (AvgIpc) is 2.60. The van der Waals surface area contributed by atoms with Crippen LogP contribution in [0.3, 0.4) is 0 Å². The van der Waals surface area contributed by atoms with E-state index in [4.69, 9.17) is 5.73 Å². The number of nitrogens with two attached hydrogens (primary N) is 1. The summed E-state index contributed by atoms with van der Waals surface area (Å²) in [6.07, 6.45) is 0. The Labute approximate surface area is 145 Å². The van der Waals surface area contributed by atoms with Crippen LogP contribution >= 0.6 is 11.8 Å². The zero-order chi connectivity index (χ0) is 16.8. The van der Waals surface area contributed by atoms with Gasteiger partial charge in [-0.05, 0) is 42.5 Å². The first kappa shape index (κ1) is 16.0. The third-order valence-electron chi connectivity index (χ3n) is 3.28. The third kappa shape index (κ3) is 4.30. The highest BCUT2D eigenvalue weighted by Gasteiger charge is 2.07. The molecule has 0 saturated carbocycles. The van der Waals surface area contributed by atoms with Gasteiger partial charge in [0.05, 0.1) is 11.4 Å². The van der Waals surface area contributed by atoms with Crippen molar-refractivity contribution < 1.29 is 4.79 Å². The standard InChI is InChI=1S/C19H17N3OS/c20-17-12-11-16(24-15-9-5-2-6-10-15)13-18(17)22-19(23)21-14-7-3-1-4-8-14/h1-13H,20H2,(H2,21,22,23). The molecule has 3 aromatic rings. The SMILES string of the molecule is Nc1ccc(Sc2ccccc2)cc1NC(=O)Nc1ccccc1. The number of carbonyl (C=O) groups excluding carboxylic acids is 1. The number of nitrogens with one attached hydrogen (secondary N) is 2. The van der Waals surface area contributed by atoms with E-state index in [1.165, 1.54) is 0 Å². The van der Waals surface area contributed by atoms with Crippen molar-refractivity contribution in [3.05, 3.63) is 78.9 Å². The van der Waals surface area contributed by atoms with Gasteiger partial charge in [0.1, 0.15) is 0 Å². The van der Waals surface area contributed by atoms with Gasteiger partial charge < -0.3 is 16.4 Å². The van der Waals surface area contributed by atoms with E-state index in [1.54, 1.807) is 17.8 Å². The van der Waals surface area contributed by atoms with Crippen LogP contribution in [0.1, 0.15) is 0 Å². The molecule has 3 rings (SSSR count). The zero-order valence-corrected chi connectivity index (χ0v) is 13.7. The molecule has 0 heterocycles. The van der Waals surface area contributed by atoms with E-state index < -0.39 is 0 Å². The van der Waals surface area contributed by atoms with Gasteiger partial charge in [0, 0.05) is 15.5 Å². The maximum Gasteiger partial charge on any atom is 0.323 e. The Hall–Kier alpha value is -2.92. The molecule has 5 heteroatoms. The Morgan fingerprint density at radius 3 is 2.17 bits per heavy atom. The molecular formula is C19H17N3OS. The number of carbonyl (C=O) groups is 1. The summed E-state index contributed by atoms with van der Waals surface area (Å²) >= 11 is 1.61. The summed E-state index contributed by atoms with van der Waals surface area (Å²) in [6, 6.07) is 24.6. The highest BCUT2D eigenvalue weighted by Crippen LogP contribution is 2.31. The van der Waals surface area contributed by atoms with E-state index in [-0.39, 0.29) is 6.03 Å². The summed E-state index contributed by atoms with van der Waals surface area (Å²) in [7, 11) is 0. The molecule has 0 bridgehead atoms. The Balaban J connectivity index is 1.71. The van der Waals surface area contributed by atoms with Crippen LogP contribution in [0.5, 0.6) is 0 Å². The van der Waals surface area contributed by atoms with Crippen LogP contribution in [0.15, 0.2) is 88.7 Å². The van der Waals surface area contributed by atoms with Crippen molar-refractivity contribution in [3.63, 3.8) is 0 Å². The molecular weight excluding hydrogens is 318 g/mol. The minimum absolute atomic E-state index is 0.324. The minimum atomic E-state index is -0.324. The Morgan fingerprint density at radius 1 is 0.792 bits per heavy atom. The smallest absolute Gasteiger partial charge is 0.323 e. The number of para-hydroxylation sites is 1. The van der Waals surface area contributed by atoms with E-state index in [1.807, 2.05) is 72.8 Å². The molecule has 0 aliphatic heterocycles. The first-order valence-corrected chi connectivity index (χ1v) is 8.28. The topological polar surface area (TPSA) is 67.1 Å². The average molecular weight is 335 g/mol. The quantitative estimate of drug-likeness (QED) is 0.584. The van der Waals surface area contributed by atoms with Crippen LogP contribution in [0.4, 0.5) is 21.9 Å². The van der Waals surface area contributed by atoms with Crippen LogP contribution in [0.2, 0.25) is 0 Å². The Kier molecular flexibility index (Phi) is 5.03. The van der Waals surface area contributed by atoms with Gasteiger partial charge in [-0.25, -0.2) is 4.79 Å². The summed E-state index contributed by atoms with van der Waals surface area (Å²) < 4.78 is 0. The molecule has 0 radical (unpaired) electrons. The van der Waals surface area contributed by atoms with Crippen molar-refractivity contribution in [2.45, 2.75) is 9.79 Å². The molecule has 120 valence electrons. The number of hydrogen-bond acceptors (Lipinski definition) is 3. The van der Waals surface area contributed by atoms with E-state index in [0.29, 0.717) is 11.4 Å². The molecule has 24 heavy (non-hydrogen) atoms. The summed E-state index contributed by atoms with van der Waals surface area (Å²) in [5, 5.41) is 5.57. The number of amides is 2. The molecule has 2 amide bonds. The maximum absolute atomic E-state index is 12.1. The van der Waals surface area contributed by atoms with Crippen LogP contribution in [-0.2, 0) is 0 Å². The lowest BCUT2D eigenvalue weighted by Crippen LogP contribution is -2.20. The van der Waals surface area contributed by atoms with E-state index in [0.717, 1.165) is 15.5 Å². The lowest BCUT2D eigenvalue weighted by molar-refractivity contribution is 0.262. The molecule has 0 fully saturated rings. The molecule has 4 nitrogen and oxygen atoms in total. The van der Waals surface area contributed by atoms with E-state index in [9.17, 15) is 4.79 Å². The van der Waals surface area contributed by atoms with Crippen molar-refractivity contribution in [2.24, 2.45) is 0 Å². The van der Waals surface area contributed by atoms with Crippen molar-refractivity contribution in [1.82, 2.24) is 0 Å². The van der Waals surface area contributed by atoms with E-state index in [2.05, 4.69) is 10.6 Å². The molecule has 0 aliphatic rings. The first-order valence-electron chi connectivity index (χ1n) is 7.46. The maximum atomic E-state index is 12.1. The second-order valence-corrected chi connectivity index (χ2v) is 6.26. The Morgan fingerprint density at radius 2 is 1.46 bits per heavy atom. The normalized spacial score (nSPS) is 10.2. The molecule has 0 saturated heterocycles. The number of nitrogen functional groups attached to an aromatic ring is 1. The fraction of sp³-hybridized carbons (Fsp3) is 0. The van der Waals surface area contributed by atoms with Gasteiger partial charge in [-0.1, -0.05) is 48.2 Å². The fourth-order valence-corrected chi connectivity index (χ4v) is 3.02. The molecule has 0 aliphatic carbocycles. The van der Waals surface area contributed by atoms with Gasteiger partial charge >= 0.3 is 6.03 Å². The van der Waals surface area contributed by atoms with Crippen LogP contribution in [0, 0.1) is 0 Å². The van der Waals surface area contributed by atoms with Crippen molar-refractivity contribution in [1.29, 1.82) is 0 Å². The Bertz CT molecular complexity index is 823. The fourth-order valence-electron chi connectivity index (χ4n) is 2.14. The summed E-state index contributed by atoms with van der Waals surface area (Å²) in [4.78, 5) is 14.3. The zero-order valence-electron chi connectivity index (χ0n) is 12.9. The largest absolute Gasteiger partial charge is 0.397 e. The molecule has 0 spiro atoms. The van der Waals surface area contributed by atoms with Gasteiger partial charge in [-0.15, -0.1) is 0 Å². The van der Waals surface area contributed by atoms with Gasteiger partial charge in [-0.3, -0.25) is 0 Å². The number of hydrogen-bond donors (Lipinski definition) is 3. The number of urea groups is 1. The van der Waals surface area contributed by atoms with Gasteiger partial charge in [0.15, 0.2) is 0 Å². The number of anilines is 3. The highest BCUT2D eigenvalue weighted by atomic mass is 32.2. The molecule has 3 aromatic carbocycles. The van der Waals surface area contributed by atoms with Crippen LogP contribution in [0.25, 0.3) is 0 Å². The van der Waals surface area contributed by atoms with Crippen LogP contribution in [-0.4, -0.2) is 6.03 Å². The van der Waals surface area contributed by atoms with Crippen molar-refractivity contribution in [2.75, 3.05) is 16.4 Å². The second kappa shape index (κ2) is 7.57. The molecule has 4 N–H and O–H groups in total. The lowest BCUT2D eigenvalue weighted by atomic mass is 10.2. The second-order valence-electron chi connectivity index (χ2n) is 5.11. The predicted octanol–water partition coefficient (Wildman–Crippen LogP) is 5.06. The molecule has 0 aromatic heterocycles. The number of rotatable bonds is 4. The van der Waals surface area contributed by atoms with Crippen LogP contribution < -0.4 is 16.4 Å². The van der Waals surface area contributed by atoms with Gasteiger partial charge in [-0.2, -0.15) is 0 Å². The first-order chi connectivity index (χ1) is 11.7. The lowest BCUT2D eigenvalue weighted by Gasteiger charge is -2.11. The summed E-state index contributed by atoms with van der Waals surface area (Å²) in [5.41, 5.74) is 7.81. The minimum Gasteiger partial charge on any atom is -0.397 e. The van der Waals surface area contributed by atoms with Crippen molar-refractivity contribution in [3.8, 4) is 0 Å². The molecule has 0 unspecified atom stereocenters.